The van der Waals surface area contributed by atoms with Crippen LogP contribution in [0, 0.1) is 5.82 Å². The molecule has 162 valence electrons. The van der Waals surface area contributed by atoms with E-state index in [1.807, 2.05) is 84.0 Å². The minimum absolute atomic E-state index is 0.0771. The van der Waals surface area contributed by atoms with Crippen LogP contribution in [0.3, 0.4) is 0 Å². The van der Waals surface area contributed by atoms with Gasteiger partial charge in [-0.25, -0.2) is 4.39 Å². The van der Waals surface area contributed by atoms with E-state index in [0.29, 0.717) is 13.0 Å². The summed E-state index contributed by atoms with van der Waals surface area (Å²) in [5, 5.41) is 2.82. The second-order valence-corrected chi connectivity index (χ2v) is 5.65. The first-order valence-electron chi connectivity index (χ1n) is 10.9. The van der Waals surface area contributed by atoms with Crippen LogP contribution in [0.5, 0.6) is 0 Å². The molecule has 3 rings (SSSR count). The van der Waals surface area contributed by atoms with E-state index in [0.717, 1.165) is 22.3 Å². The Hall–Kier alpha value is -2.94. The Balaban J connectivity index is 0.00000129. The standard InChI is InChI=1S/C21H18FNO.3C2H6/c22-20-8-4-5-17(13-20)15-23-21(24)14-16-9-11-19(12-10-16)18-6-2-1-3-7-18;3*1-2/h1-13H,14-15H2,(H,23,24);3*1-2H3. The smallest absolute Gasteiger partial charge is 0.224 e. The van der Waals surface area contributed by atoms with E-state index in [2.05, 4.69) is 17.4 Å². The number of carbonyl (C=O) groups is 1. The molecule has 0 fully saturated rings. The van der Waals surface area contributed by atoms with Crippen molar-refractivity contribution in [2.75, 3.05) is 0 Å². The zero-order valence-corrected chi connectivity index (χ0v) is 19.2. The van der Waals surface area contributed by atoms with Crippen LogP contribution in [0.4, 0.5) is 4.39 Å². The first kappa shape index (κ1) is 27.1. The lowest BCUT2D eigenvalue weighted by atomic mass is 10.0. The number of nitrogens with one attached hydrogen (secondary N) is 1. The van der Waals surface area contributed by atoms with Crippen LogP contribution >= 0.6 is 0 Å². The molecule has 30 heavy (non-hydrogen) atoms. The van der Waals surface area contributed by atoms with Gasteiger partial charge in [-0.15, -0.1) is 0 Å². The average molecular weight is 410 g/mol. The molecule has 0 bridgehead atoms. The van der Waals surface area contributed by atoms with Crippen molar-refractivity contribution in [2.24, 2.45) is 0 Å². The molecule has 0 atom stereocenters. The number of hydrogen-bond donors (Lipinski definition) is 1. The molecular formula is C27H36FNO. The fourth-order valence-corrected chi connectivity index (χ4v) is 2.54. The van der Waals surface area contributed by atoms with E-state index < -0.39 is 0 Å². The number of benzene rings is 3. The van der Waals surface area contributed by atoms with Gasteiger partial charge >= 0.3 is 0 Å². The average Bonchev–Trinajstić information content (AvgIpc) is 2.83. The first-order chi connectivity index (χ1) is 14.7. The molecule has 3 aromatic rings. The van der Waals surface area contributed by atoms with Crippen LogP contribution in [0.1, 0.15) is 52.7 Å². The Bertz CT molecular complexity index is 814. The lowest BCUT2D eigenvalue weighted by Gasteiger charge is -2.07. The molecule has 3 aromatic carbocycles. The minimum Gasteiger partial charge on any atom is -0.352 e. The van der Waals surface area contributed by atoms with Crippen molar-refractivity contribution in [1.29, 1.82) is 0 Å². The van der Waals surface area contributed by atoms with Crippen LogP contribution in [-0.2, 0) is 17.8 Å². The quantitative estimate of drug-likeness (QED) is 0.466. The highest BCUT2D eigenvalue weighted by Crippen LogP contribution is 2.19. The summed E-state index contributed by atoms with van der Waals surface area (Å²) in [6.07, 6.45) is 0.310. The van der Waals surface area contributed by atoms with Gasteiger partial charge in [-0.05, 0) is 34.4 Å². The van der Waals surface area contributed by atoms with Gasteiger partial charge in [0.15, 0.2) is 0 Å². The third kappa shape index (κ3) is 10.0. The molecule has 1 N–H and O–H groups in total. The summed E-state index contributed by atoms with van der Waals surface area (Å²) in [4.78, 5) is 12.0. The van der Waals surface area contributed by atoms with Gasteiger partial charge in [-0.1, -0.05) is 108 Å². The van der Waals surface area contributed by atoms with Gasteiger partial charge in [-0.2, -0.15) is 0 Å². The maximum Gasteiger partial charge on any atom is 0.224 e. The van der Waals surface area contributed by atoms with Gasteiger partial charge in [0, 0.05) is 6.54 Å². The topological polar surface area (TPSA) is 29.1 Å². The zero-order valence-electron chi connectivity index (χ0n) is 19.2. The van der Waals surface area contributed by atoms with Gasteiger partial charge < -0.3 is 5.32 Å². The predicted octanol–water partition coefficient (Wildman–Crippen LogP) is 7.43. The van der Waals surface area contributed by atoms with Gasteiger partial charge in [-0.3, -0.25) is 4.79 Å². The van der Waals surface area contributed by atoms with E-state index in [9.17, 15) is 9.18 Å². The number of rotatable bonds is 5. The fourth-order valence-electron chi connectivity index (χ4n) is 2.54. The molecule has 2 nitrogen and oxygen atoms in total. The van der Waals surface area contributed by atoms with Crippen molar-refractivity contribution in [3.05, 3.63) is 95.8 Å². The van der Waals surface area contributed by atoms with Gasteiger partial charge in [0.2, 0.25) is 5.91 Å². The van der Waals surface area contributed by atoms with E-state index in [-0.39, 0.29) is 11.7 Å². The molecule has 1 amide bonds. The molecule has 0 unspecified atom stereocenters. The zero-order chi connectivity index (χ0) is 22.8. The van der Waals surface area contributed by atoms with Crippen LogP contribution in [0.15, 0.2) is 78.9 Å². The summed E-state index contributed by atoms with van der Waals surface area (Å²) in [7, 11) is 0. The molecule has 3 heteroatoms. The van der Waals surface area contributed by atoms with Crippen molar-refractivity contribution < 1.29 is 9.18 Å². The molecule has 0 aromatic heterocycles. The first-order valence-corrected chi connectivity index (χ1v) is 10.9. The summed E-state index contributed by atoms with van der Waals surface area (Å²) in [5.74, 6) is -0.370. The van der Waals surface area contributed by atoms with Crippen molar-refractivity contribution >= 4 is 5.91 Å². The molecule has 0 heterocycles. The van der Waals surface area contributed by atoms with Crippen molar-refractivity contribution in [1.82, 2.24) is 5.32 Å². The second kappa shape index (κ2) is 17.0. The van der Waals surface area contributed by atoms with Crippen molar-refractivity contribution in [2.45, 2.75) is 54.5 Å². The van der Waals surface area contributed by atoms with Gasteiger partial charge in [0.05, 0.1) is 6.42 Å². The summed E-state index contributed by atoms with van der Waals surface area (Å²) >= 11 is 0. The Morgan fingerprint density at radius 3 is 1.83 bits per heavy atom. The molecule has 0 saturated heterocycles. The Kier molecular flexibility index (Phi) is 15.3. The minimum atomic E-state index is -0.293. The fraction of sp³-hybridized carbons (Fsp3) is 0.296. The van der Waals surface area contributed by atoms with Crippen LogP contribution in [-0.4, -0.2) is 5.91 Å². The molecular weight excluding hydrogens is 373 g/mol. The summed E-state index contributed by atoms with van der Waals surface area (Å²) in [6.45, 7) is 12.3. The maximum atomic E-state index is 13.1. The Labute approximate surface area is 182 Å². The number of carbonyl (C=O) groups excluding carboxylic acids is 1. The van der Waals surface area contributed by atoms with E-state index in [4.69, 9.17) is 0 Å². The molecule has 0 aliphatic rings. The highest BCUT2D eigenvalue weighted by molar-refractivity contribution is 5.78. The SMILES string of the molecule is CC.CC.CC.O=C(Cc1ccc(-c2ccccc2)cc1)NCc1cccc(F)c1. The normalized spacial score (nSPS) is 8.90. The number of amides is 1. The molecule has 0 aliphatic carbocycles. The highest BCUT2D eigenvalue weighted by atomic mass is 19.1. The molecule has 0 spiro atoms. The van der Waals surface area contributed by atoms with Crippen LogP contribution < -0.4 is 5.32 Å². The van der Waals surface area contributed by atoms with Crippen LogP contribution in [0.25, 0.3) is 11.1 Å². The predicted molar refractivity (Wildman–Crippen MR) is 128 cm³/mol. The second-order valence-electron chi connectivity index (χ2n) is 5.65. The number of hydrogen-bond acceptors (Lipinski definition) is 1. The lowest BCUT2D eigenvalue weighted by Crippen LogP contribution is -2.24. The summed E-state index contributed by atoms with van der Waals surface area (Å²) < 4.78 is 13.1. The van der Waals surface area contributed by atoms with E-state index >= 15 is 0 Å². The van der Waals surface area contributed by atoms with E-state index in [1.54, 1.807) is 12.1 Å². The largest absolute Gasteiger partial charge is 0.352 e. The maximum absolute atomic E-state index is 13.1. The van der Waals surface area contributed by atoms with Gasteiger partial charge in [0.1, 0.15) is 5.82 Å². The lowest BCUT2D eigenvalue weighted by molar-refractivity contribution is -0.120. The summed E-state index contributed by atoms with van der Waals surface area (Å²) in [5.41, 5.74) is 3.98. The van der Waals surface area contributed by atoms with E-state index in [1.165, 1.54) is 12.1 Å². The van der Waals surface area contributed by atoms with Crippen molar-refractivity contribution in [3.8, 4) is 11.1 Å². The van der Waals surface area contributed by atoms with Crippen LogP contribution in [0.2, 0.25) is 0 Å². The molecule has 0 aliphatic heterocycles. The number of halogens is 1. The molecule has 0 saturated carbocycles. The van der Waals surface area contributed by atoms with Crippen molar-refractivity contribution in [3.63, 3.8) is 0 Å². The Morgan fingerprint density at radius 2 is 1.27 bits per heavy atom. The summed E-state index contributed by atoms with van der Waals surface area (Å²) in [6, 6.07) is 24.3. The monoisotopic (exact) mass is 409 g/mol. The molecule has 0 radical (unpaired) electrons. The highest BCUT2D eigenvalue weighted by Gasteiger charge is 2.05. The Morgan fingerprint density at radius 1 is 0.700 bits per heavy atom. The third-order valence-corrected chi connectivity index (χ3v) is 3.80. The third-order valence-electron chi connectivity index (χ3n) is 3.80. The van der Waals surface area contributed by atoms with Gasteiger partial charge in [0.25, 0.3) is 0 Å².